The van der Waals surface area contributed by atoms with Crippen molar-refractivity contribution >= 4 is 0 Å². The molecular weight excluding hydrogens is 240 g/mol. The minimum absolute atomic E-state index is 0.0972. The molecule has 100 valence electrons. The molecule has 0 aliphatic rings. The zero-order valence-electron chi connectivity index (χ0n) is 11.3. The van der Waals surface area contributed by atoms with E-state index in [9.17, 15) is 9.90 Å². The third kappa shape index (κ3) is 2.84. The lowest BCUT2D eigenvalue weighted by atomic mass is 10.1. The molecule has 0 aliphatic carbocycles. The average molecular weight is 258 g/mol. The van der Waals surface area contributed by atoms with E-state index in [1.807, 2.05) is 26.0 Å². The molecule has 0 fully saturated rings. The lowest BCUT2D eigenvalue weighted by Crippen LogP contribution is -2.21. The third-order valence-electron chi connectivity index (χ3n) is 3.06. The van der Waals surface area contributed by atoms with E-state index >= 15 is 0 Å². The van der Waals surface area contributed by atoms with E-state index in [0.29, 0.717) is 12.2 Å². The highest BCUT2D eigenvalue weighted by atomic mass is 16.3. The number of rotatable bonds is 4. The predicted octanol–water partition coefficient (Wildman–Crippen LogP) is 2.59. The Hall–Kier alpha value is -2.10. The highest BCUT2D eigenvalue weighted by Crippen LogP contribution is 2.25. The summed E-state index contributed by atoms with van der Waals surface area (Å²) in [5.41, 5.74) is 2.33. The van der Waals surface area contributed by atoms with Crippen molar-refractivity contribution in [1.82, 2.24) is 9.78 Å². The van der Waals surface area contributed by atoms with Gasteiger partial charge in [-0.25, -0.2) is 4.68 Å². The van der Waals surface area contributed by atoms with Gasteiger partial charge in [0.15, 0.2) is 0 Å². The summed E-state index contributed by atoms with van der Waals surface area (Å²) >= 11 is 0. The molecule has 1 N–H and O–H groups in total. The van der Waals surface area contributed by atoms with Crippen molar-refractivity contribution in [3.63, 3.8) is 0 Å². The molecule has 0 saturated carbocycles. The van der Waals surface area contributed by atoms with Gasteiger partial charge in [-0.1, -0.05) is 26.0 Å². The standard InChI is InChI=1S/C15H18N2O2/c1-3-9-17-15(19)8-7-13(16-17)12-6-5-11(4-2)14(18)10-12/h5-8,10,18H,3-4,9H2,1-2H3. The molecule has 0 amide bonds. The minimum Gasteiger partial charge on any atom is -0.508 e. The highest BCUT2D eigenvalue weighted by Gasteiger charge is 2.06. The van der Waals surface area contributed by atoms with Crippen LogP contribution in [0.1, 0.15) is 25.8 Å². The Labute approximate surface area is 112 Å². The quantitative estimate of drug-likeness (QED) is 0.917. The third-order valence-corrected chi connectivity index (χ3v) is 3.06. The Morgan fingerprint density at radius 1 is 1.21 bits per heavy atom. The first-order valence-corrected chi connectivity index (χ1v) is 6.56. The van der Waals surface area contributed by atoms with Crippen LogP contribution in [0, 0.1) is 0 Å². The zero-order valence-corrected chi connectivity index (χ0v) is 11.3. The van der Waals surface area contributed by atoms with Gasteiger partial charge in [0.25, 0.3) is 5.56 Å². The van der Waals surface area contributed by atoms with Crippen molar-refractivity contribution in [1.29, 1.82) is 0 Å². The van der Waals surface area contributed by atoms with E-state index in [2.05, 4.69) is 5.10 Å². The molecule has 19 heavy (non-hydrogen) atoms. The number of phenolic OH excluding ortho intramolecular Hbond substituents is 1. The number of hydrogen-bond acceptors (Lipinski definition) is 3. The number of hydrogen-bond donors (Lipinski definition) is 1. The predicted molar refractivity (Wildman–Crippen MR) is 75.3 cm³/mol. The molecule has 0 saturated heterocycles. The maximum atomic E-state index is 11.6. The first kappa shape index (κ1) is 13.3. The molecular formula is C15H18N2O2. The Bertz CT molecular complexity index is 632. The Balaban J connectivity index is 2.44. The van der Waals surface area contributed by atoms with Crippen LogP contribution < -0.4 is 5.56 Å². The normalized spacial score (nSPS) is 10.6. The van der Waals surface area contributed by atoms with Gasteiger partial charge in [-0.3, -0.25) is 4.79 Å². The summed E-state index contributed by atoms with van der Waals surface area (Å²) in [6.07, 6.45) is 1.64. The number of benzene rings is 1. The van der Waals surface area contributed by atoms with Crippen LogP contribution >= 0.6 is 0 Å². The van der Waals surface area contributed by atoms with E-state index in [-0.39, 0.29) is 11.3 Å². The second-order valence-electron chi connectivity index (χ2n) is 4.48. The smallest absolute Gasteiger partial charge is 0.266 e. The van der Waals surface area contributed by atoms with Gasteiger partial charge in [0, 0.05) is 18.2 Å². The van der Waals surface area contributed by atoms with Crippen LogP contribution in [0.15, 0.2) is 35.1 Å². The van der Waals surface area contributed by atoms with Gasteiger partial charge < -0.3 is 5.11 Å². The van der Waals surface area contributed by atoms with Crippen molar-refractivity contribution in [2.45, 2.75) is 33.2 Å². The summed E-state index contributed by atoms with van der Waals surface area (Å²) < 4.78 is 1.46. The number of aromatic hydroxyl groups is 1. The largest absolute Gasteiger partial charge is 0.508 e. The first-order chi connectivity index (χ1) is 9.15. The molecule has 2 aromatic rings. The molecule has 2 rings (SSSR count). The molecule has 4 nitrogen and oxygen atoms in total. The Morgan fingerprint density at radius 2 is 2.00 bits per heavy atom. The molecule has 1 heterocycles. The Kier molecular flexibility index (Phi) is 4.00. The molecule has 1 aromatic heterocycles. The van der Waals surface area contributed by atoms with Crippen molar-refractivity contribution in [3.8, 4) is 17.0 Å². The summed E-state index contributed by atoms with van der Waals surface area (Å²) in [7, 11) is 0. The second-order valence-corrected chi connectivity index (χ2v) is 4.48. The fourth-order valence-corrected chi connectivity index (χ4v) is 2.00. The molecule has 0 radical (unpaired) electrons. The van der Waals surface area contributed by atoms with E-state index in [1.165, 1.54) is 10.7 Å². The molecule has 0 spiro atoms. The number of phenols is 1. The molecule has 0 bridgehead atoms. The maximum Gasteiger partial charge on any atom is 0.266 e. The summed E-state index contributed by atoms with van der Waals surface area (Å²) in [6, 6.07) is 8.71. The molecule has 1 aromatic carbocycles. The summed E-state index contributed by atoms with van der Waals surface area (Å²) in [5, 5.41) is 14.2. The van der Waals surface area contributed by atoms with E-state index in [1.54, 1.807) is 12.1 Å². The molecule has 0 atom stereocenters. The minimum atomic E-state index is -0.0972. The molecule has 0 unspecified atom stereocenters. The van der Waals surface area contributed by atoms with Crippen LogP contribution in [0.2, 0.25) is 0 Å². The van der Waals surface area contributed by atoms with Crippen molar-refractivity contribution in [2.24, 2.45) is 0 Å². The van der Waals surface area contributed by atoms with Crippen LogP contribution in [-0.2, 0) is 13.0 Å². The van der Waals surface area contributed by atoms with Gasteiger partial charge in [0.05, 0.1) is 5.69 Å². The maximum absolute atomic E-state index is 11.6. The summed E-state index contributed by atoms with van der Waals surface area (Å²) in [6.45, 7) is 4.60. The van der Waals surface area contributed by atoms with Crippen LogP contribution in [0.25, 0.3) is 11.3 Å². The summed E-state index contributed by atoms with van der Waals surface area (Å²) in [4.78, 5) is 11.6. The van der Waals surface area contributed by atoms with E-state index in [0.717, 1.165) is 24.0 Å². The number of aryl methyl sites for hydroxylation is 2. The fraction of sp³-hybridized carbons (Fsp3) is 0.333. The van der Waals surface area contributed by atoms with Gasteiger partial charge in [-0.15, -0.1) is 0 Å². The van der Waals surface area contributed by atoms with Crippen LogP contribution in [0.4, 0.5) is 0 Å². The van der Waals surface area contributed by atoms with Crippen molar-refractivity contribution < 1.29 is 5.11 Å². The van der Waals surface area contributed by atoms with Gasteiger partial charge >= 0.3 is 0 Å². The zero-order chi connectivity index (χ0) is 13.8. The average Bonchev–Trinajstić information content (AvgIpc) is 2.41. The number of nitrogens with zero attached hydrogens (tertiary/aromatic N) is 2. The van der Waals surface area contributed by atoms with Crippen molar-refractivity contribution in [3.05, 3.63) is 46.2 Å². The van der Waals surface area contributed by atoms with Gasteiger partial charge in [0.1, 0.15) is 5.75 Å². The Morgan fingerprint density at radius 3 is 2.63 bits per heavy atom. The first-order valence-electron chi connectivity index (χ1n) is 6.56. The monoisotopic (exact) mass is 258 g/mol. The van der Waals surface area contributed by atoms with E-state index < -0.39 is 0 Å². The summed E-state index contributed by atoms with van der Waals surface area (Å²) in [5.74, 6) is 0.273. The second kappa shape index (κ2) is 5.69. The molecule has 4 heteroatoms. The van der Waals surface area contributed by atoms with Crippen LogP contribution in [0.5, 0.6) is 5.75 Å². The lowest BCUT2D eigenvalue weighted by Gasteiger charge is -2.08. The van der Waals surface area contributed by atoms with Crippen molar-refractivity contribution in [2.75, 3.05) is 0 Å². The van der Waals surface area contributed by atoms with E-state index in [4.69, 9.17) is 0 Å². The fourth-order valence-electron chi connectivity index (χ4n) is 2.00. The number of aromatic nitrogens is 2. The topological polar surface area (TPSA) is 55.1 Å². The van der Waals surface area contributed by atoms with Gasteiger partial charge in [-0.05, 0) is 30.5 Å². The molecule has 0 aliphatic heterocycles. The highest BCUT2D eigenvalue weighted by molar-refractivity contribution is 5.61. The van der Waals surface area contributed by atoms with Crippen LogP contribution in [0.3, 0.4) is 0 Å². The lowest BCUT2D eigenvalue weighted by molar-refractivity contribution is 0.469. The van der Waals surface area contributed by atoms with Gasteiger partial charge in [-0.2, -0.15) is 5.10 Å². The SMILES string of the molecule is CCCn1nc(-c2ccc(CC)c(O)c2)ccc1=O. The van der Waals surface area contributed by atoms with Gasteiger partial charge in [0.2, 0.25) is 0 Å². The van der Waals surface area contributed by atoms with Crippen LogP contribution in [-0.4, -0.2) is 14.9 Å².